The van der Waals surface area contributed by atoms with Gasteiger partial charge in [-0.1, -0.05) is 35.0 Å². The molecule has 4 nitrogen and oxygen atoms in total. The molecule has 2 aromatic rings. The van der Waals surface area contributed by atoms with Crippen LogP contribution in [0.5, 0.6) is 0 Å². The molecule has 0 bridgehead atoms. The molecule has 0 N–H and O–H groups in total. The molecule has 0 spiro atoms. The number of hydrogen-bond donors (Lipinski definition) is 0. The predicted octanol–water partition coefficient (Wildman–Crippen LogP) is 2.58. The van der Waals surface area contributed by atoms with Gasteiger partial charge in [0.2, 0.25) is 0 Å². The Labute approximate surface area is 96.7 Å². The molecule has 0 fully saturated rings. The Morgan fingerprint density at radius 3 is 2.93 bits per heavy atom. The summed E-state index contributed by atoms with van der Waals surface area (Å²) in [6.07, 6.45) is 0.905. The summed E-state index contributed by atoms with van der Waals surface area (Å²) >= 11 is 11.8. The third-order valence-electron chi connectivity index (χ3n) is 1.90. The van der Waals surface area contributed by atoms with Gasteiger partial charge in [0.25, 0.3) is 0 Å². The van der Waals surface area contributed by atoms with Gasteiger partial charge >= 0.3 is 0 Å². The molecule has 2 rings (SSSR count). The van der Waals surface area contributed by atoms with Crippen LogP contribution in [0, 0.1) is 0 Å². The fourth-order valence-corrected chi connectivity index (χ4v) is 1.54. The first-order chi connectivity index (χ1) is 7.24. The summed E-state index contributed by atoms with van der Waals surface area (Å²) < 4.78 is 0. The molecule has 0 aliphatic heterocycles. The Kier molecular flexibility index (Phi) is 2.98. The average molecular weight is 246 g/mol. The van der Waals surface area contributed by atoms with Gasteiger partial charge in [0.1, 0.15) is 17.6 Å². The zero-order valence-corrected chi connectivity index (χ0v) is 9.59. The molecule has 0 amide bonds. The second kappa shape index (κ2) is 4.24. The zero-order chi connectivity index (χ0) is 10.8. The van der Waals surface area contributed by atoms with Crippen molar-refractivity contribution in [1.82, 2.24) is 15.2 Å². The van der Waals surface area contributed by atoms with Gasteiger partial charge in [-0.3, -0.25) is 0 Å². The van der Waals surface area contributed by atoms with Crippen LogP contribution in [0.3, 0.4) is 0 Å². The molecular formula is C9H9Cl2N3O. The van der Waals surface area contributed by atoms with E-state index in [0.717, 1.165) is 11.9 Å². The van der Waals surface area contributed by atoms with E-state index < -0.39 is 0 Å². The molecule has 15 heavy (non-hydrogen) atoms. The van der Waals surface area contributed by atoms with Crippen LogP contribution in [0.4, 0.5) is 0 Å². The highest BCUT2D eigenvalue weighted by molar-refractivity contribution is 6.44. The van der Waals surface area contributed by atoms with Crippen molar-refractivity contribution < 1.29 is 4.84 Å². The Morgan fingerprint density at radius 1 is 1.40 bits per heavy atom. The van der Waals surface area contributed by atoms with Crippen molar-refractivity contribution >= 4 is 34.2 Å². The molecule has 6 heteroatoms. The van der Waals surface area contributed by atoms with Crippen molar-refractivity contribution in [3.63, 3.8) is 0 Å². The number of aromatic nitrogens is 3. The first-order valence-corrected chi connectivity index (χ1v) is 5.32. The minimum atomic E-state index is 0.403. The number of rotatable bonds is 3. The van der Waals surface area contributed by atoms with E-state index in [2.05, 4.69) is 10.3 Å². The average Bonchev–Trinajstić information content (AvgIpc) is 2.64. The van der Waals surface area contributed by atoms with E-state index in [0.29, 0.717) is 22.2 Å². The molecule has 1 heterocycles. The Bertz CT molecular complexity index is 483. The SMILES string of the molecule is CCCOn1nnc2c(Cl)c(Cl)ccc21. The Morgan fingerprint density at radius 2 is 2.20 bits per heavy atom. The van der Waals surface area contributed by atoms with E-state index in [9.17, 15) is 0 Å². The summed E-state index contributed by atoms with van der Waals surface area (Å²) in [5.74, 6) is 0. The molecule has 0 atom stereocenters. The fraction of sp³-hybridized carbons (Fsp3) is 0.333. The van der Waals surface area contributed by atoms with E-state index in [4.69, 9.17) is 28.0 Å². The number of fused-ring (bicyclic) bond motifs is 1. The monoisotopic (exact) mass is 245 g/mol. The van der Waals surface area contributed by atoms with Crippen LogP contribution < -0.4 is 4.84 Å². The van der Waals surface area contributed by atoms with Crippen LogP contribution in [-0.2, 0) is 0 Å². The van der Waals surface area contributed by atoms with Gasteiger partial charge in [0.05, 0.1) is 10.0 Å². The van der Waals surface area contributed by atoms with Crippen molar-refractivity contribution in [2.24, 2.45) is 0 Å². The lowest BCUT2D eigenvalue weighted by Crippen LogP contribution is -2.13. The molecule has 0 radical (unpaired) electrons. The largest absolute Gasteiger partial charge is 0.395 e. The van der Waals surface area contributed by atoms with Crippen LogP contribution >= 0.6 is 23.2 Å². The van der Waals surface area contributed by atoms with Gasteiger partial charge in [0.15, 0.2) is 0 Å². The van der Waals surface area contributed by atoms with Crippen molar-refractivity contribution in [3.05, 3.63) is 22.2 Å². The summed E-state index contributed by atoms with van der Waals surface area (Å²) in [5, 5.41) is 8.61. The second-order valence-corrected chi connectivity index (χ2v) is 3.81. The molecular weight excluding hydrogens is 237 g/mol. The van der Waals surface area contributed by atoms with Gasteiger partial charge in [-0.2, -0.15) is 0 Å². The molecule has 0 aliphatic rings. The molecule has 1 aromatic heterocycles. The van der Waals surface area contributed by atoms with E-state index in [1.165, 1.54) is 4.85 Å². The van der Waals surface area contributed by atoms with Gasteiger partial charge in [0, 0.05) is 0 Å². The minimum absolute atomic E-state index is 0.403. The predicted molar refractivity (Wildman–Crippen MR) is 59.3 cm³/mol. The second-order valence-electron chi connectivity index (χ2n) is 3.02. The molecule has 0 unspecified atom stereocenters. The van der Waals surface area contributed by atoms with Gasteiger partial charge in [-0.05, 0) is 23.8 Å². The van der Waals surface area contributed by atoms with Crippen LogP contribution in [0.25, 0.3) is 11.0 Å². The van der Waals surface area contributed by atoms with Crippen LogP contribution in [-0.4, -0.2) is 21.8 Å². The number of nitrogens with zero attached hydrogens (tertiary/aromatic N) is 3. The third kappa shape index (κ3) is 1.87. The third-order valence-corrected chi connectivity index (χ3v) is 2.69. The van der Waals surface area contributed by atoms with Gasteiger partial charge < -0.3 is 4.84 Å². The Hall–Kier alpha value is -1.00. The van der Waals surface area contributed by atoms with Crippen LogP contribution in [0.1, 0.15) is 13.3 Å². The van der Waals surface area contributed by atoms with Crippen molar-refractivity contribution in [2.75, 3.05) is 6.61 Å². The summed E-state index contributed by atoms with van der Waals surface area (Å²) in [6, 6.07) is 3.47. The number of benzene rings is 1. The van der Waals surface area contributed by atoms with E-state index >= 15 is 0 Å². The van der Waals surface area contributed by atoms with Crippen molar-refractivity contribution in [1.29, 1.82) is 0 Å². The Balaban J connectivity index is 2.47. The minimum Gasteiger partial charge on any atom is -0.395 e. The summed E-state index contributed by atoms with van der Waals surface area (Å²) in [5.41, 5.74) is 1.28. The van der Waals surface area contributed by atoms with E-state index in [-0.39, 0.29) is 0 Å². The lowest BCUT2D eigenvalue weighted by molar-refractivity contribution is 0.0879. The normalized spacial score (nSPS) is 10.9. The highest BCUT2D eigenvalue weighted by Crippen LogP contribution is 2.28. The molecule has 0 aliphatic carbocycles. The highest BCUT2D eigenvalue weighted by Gasteiger charge is 2.11. The lowest BCUT2D eigenvalue weighted by Gasteiger charge is -2.03. The first-order valence-electron chi connectivity index (χ1n) is 4.56. The van der Waals surface area contributed by atoms with Gasteiger partial charge in [-0.25, -0.2) is 0 Å². The lowest BCUT2D eigenvalue weighted by atomic mass is 10.3. The van der Waals surface area contributed by atoms with E-state index in [1.807, 2.05) is 6.92 Å². The molecule has 80 valence electrons. The summed E-state index contributed by atoms with van der Waals surface area (Å²) in [6.45, 7) is 2.60. The maximum absolute atomic E-state index is 5.97. The van der Waals surface area contributed by atoms with Crippen molar-refractivity contribution in [2.45, 2.75) is 13.3 Å². The molecule has 0 saturated carbocycles. The number of halogens is 2. The maximum atomic E-state index is 5.97. The van der Waals surface area contributed by atoms with Crippen LogP contribution in [0.2, 0.25) is 10.0 Å². The first kappa shape index (κ1) is 10.5. The maximum Gasteiger partial charge on any atom is 0.137 e. The quantitative estimate of drug-likeness (QED) is 0.835. The summed E-state index contributed by atoms with van der Waals surface area (Å²) in [4.78, 5) is 6.71. The molecule has 0 saturated heterocycles. The molecule has 1 aromatic carbocycles. The van der Waals surface area contributed by atoms with Gasteiger partial charge in [-0.15, -0.1) is 5.10 Å². The zero-order valence-electron chi connectivity index (χ0n) is 8.07. The summed E-state index contributed by atoms with van der Waals surface area (Å²) in [7, 11) is 0. The number of hydrogen-bond acceptors (Lipinski definition) is 3. The van der Waals surface area contributed by atoms with E-state index in [1.54, 1.807) is 12.1 Å². The van der Waals surface area contributed by atoms with Crippen LogP contribution in [0.15, 0.2) is 12.1 Å². The highest BCUT2D eigenvalue weighted by atomic mass is 35.5. The topological polar surface area (TPSA) is 39.9 Å². The smallest absolute Gasteiger partial charge is 0.137 e. The van der Waals surface area contributed by atoms with Crippen molar-refractivity contribution in [3.8, 4) is 0 Å². The fourth-order valence-electron chi connectivity index (χ4n) is 1.19. The standard InChI is InChI=1S/C9H9Cl2N3O/c1-2-5-15-14-7-4-3-6(10)8(11)9(7)12-13-14/h3-4H,2,5H2,1H3.